The molecule has 1 nitrogen and oxygen atoms in total. The number of rotatable bonds is 5. The molecule has 0 amide bonds. The van der Waals surface area contributed by atoms with Crippen LogP contribution in [0.3, 0.4) is 0 Å². The molecule has 1 aliphatic rings. The maximum absolute atomic E-state index is 9.86. The van der Waals surface area contributed by atoms with Crippen molar-refractivity contribution in [2.45, 2.75) is 38.7 Å². The molecule has 1 aromatic carbocycles. The van der Waals surface area contributed by atoms with Crippen molar-refractivity contribution in [2.24, 2.45) is 0 Å². The SMILES string of the molecule is CCSCC(O)Cc1ccc2c(c1)CCC2. The second-order valence-electron chi connectivity index (χ2n) is 4.47. The van der Waals surface area contributed by atoms with Gasteiger partial charge in [-0.3, -0.25) is 0 Å². The Morgan fingerprint density at radius 1 is 1.31 bits per heavy atom. The Kier molecular flexibility index (Phi) is 4.30. The first-order valence-electron chi connectivity index (χ1n) is 6.16. The van der Waals surface area contributed by atoms with Crippen molar-refractivity contribution in [2.75, 3.05) is 11.5 Å². The van der Waals surface area contributed by atoms with Crippen LogP contribution < -0.4 is 0 Å². The third-order valence-corrected chi connectivity index (χ3v) is 4.18. The predicted octanol–water partition coefficient (Wildman–Crippen LogP) is 2.83. The molecule has 0 saturated heterocycles. The lowest BCUT2D eigenvalue weighted by atomic mass is 10.0. The highest BCUT2D eigenvalue weighted by atomic mass is 32.2. The minimum Gasteiger partial charge on any atom is -0.392 e. The fourth-order valence-corrected chi connectivity index (χ4v) is 2.96. The van der Waals surface area contributed by atoms with E-state index >= 15 is 0 Å². The molecule has 1 aliphatic carbocycles. The van der Waals surface area contributed by atoms with Crippen LogP contribution in [-0.2, 0) is 19.3 Å². The van der Waals surface area contributed by atoms with Crippen LogP contribution in [0.1, 0.15) is 30.0 Å². The molecule has 1 aromatic rings. The third kappa shape index (κ3) is 3.02. The molecule has 88 valence electrons. The summed E-state index contributed by atoms with van der Waals surface area (Å²) < 4.78 is 0. The minimum atomic E-state index is -0.190. The first-order chi connectivity index (χ1) is 7.79. The van der Waals surface area contributed by atoms with Crippen LogP contribution >= 0.6 is 11.8 Å². The van der Waals surface area contributed by atoms with E-state index in [1.165, 1.54) is 36.0 Å². The molecule has 1 atom stereocenters. The maximum atomic E-state index is 9.86. The summed E-state index contributed by atoms with van der Waals surface area (Å²) in [5.41, 5.74) is 4.32. The molecule has 0 saturated carbocycles. The van der Waals surface area contributed by atoms with Gasteiger partial charge in [0, 0.05) is 5.75 Å². The van der Waals surface area contributed by atoms with Gasteiger partial charge < -0.3 is 5.11 Å². The Morgan fingerprint density at radius 3 is 2.94 bits per heavy atom. The van der Waals surface area contributed by atoms with Crippen molar-refractivity contribution < 1.29 is 5.11 Å². The van der Waals surface area contributed by atoms with Crippen LogP contribution in [0.4, 0.5) is 0 Å². The van der Waals surface area contributed by atoms with Gasteiger partial charge in [0.2, 0.25) is 0 Å². The first kappa shape index (κ1) is 12.0. The van der Waals surface area contributed by atoms with Crippen LogP contribution in [0.25, 0.3) is 0 Å². The molecule has 2 heteroatoms. The van der Waals surface area contributed by atoms with E-state index in [9.17, 15) is 5.11 Å². The number of aliphatic hydroxyl groups is 1. The van der Waals surface area contributed by atoms with Gasteiger partial charge in [-0.05, 0) is 48.1 Å². The summed E-state index contributed by atoms with van der Waals surface area (Å²) in [4.78, 5) is 0. The first-order valence-corrected chi connectivity index (χ1v) is 7.31. The molecular formula is C14H20OS. The summed E-state index contributed by atoms with van der Waals surface area (Å²) in [5.74, 6) is 1.94. The minimum absolute atomic E-state index is 0.190. The molecule has 0 aromatic heterocycles. The van der Waals surface area contributed by atoms with E-state index in [2.05, 4.69) is 25.1 Å². The van der Waals surface area contributed by atoms with Gasteiger partial charge in [0.05, 0.1) is 6.10 Å². The number of aliphatic hydroxyl groups excluding tert-OH is 1. The molecule has 0 radical (unpaired) electrons. The van der Waals surface area contributed by atoms with Crippen LogP contribution in [-0.4, -0.2) is 22.7 Å². The van der Waals surface area contributed by atoms with Gasteiger partial charge in [0.15, 0.2) is 0 Å². The van der Waals surface area contributed by atoms with Crippen molar-refractivity contribution in [3.05, 3.63) is 34.9 Å². The highest BCUT2D eigenvalue weighted by molar-refractivity contribution is 7.99. The normalized spacial score (nSPS) is 16.1. The predicted molar refractivity (Wildman–Crippen MR) is 71.2 cm³/mol. The van der Waals surface area contributed by atoms with Gasteiger partial charge in [0.25, 0.3) is 0 Å². The van der Waals surface area contributed by atoms with E-state index in [4.69, 9.17) is 0 Å². The lowest BCUT2D eigenvalue weighted by molar-refractivity contribution is 0.200. The number of fused-ring (bicyclic) bond motifs is 1. The van der Waals surface area contributed by atoms with Crippen molar-refractivity contribution in [1.82, 2.24) is 0 Å². The second kappa shape index (κ2) is 5.74. The Labute approximate surface area is 102 Å². The van der Waals surface area contributed by atoms with Gasteiger partial charge in [-0.15, -0.1) is 0 Å². The highest BCUT2D eigenvalue weighted by Crippen LogP contribution is 2.23. The largest absolute Gasteiger partial charge is 0.392 e. The Morgan fingerprint density at radius 2 is 2.12 bits per heavy atom. The summed E-state index contributed by atoms with van der Waals surface area (Å²) >= 11 is 1.81. The molecule has 0 aliphatic heterocycles. The Balaban J connectivity index is 1.94. The van der Waals surface area contributed by atoms with E-state index < -0.39 is 0 Å². The van der Waals surface area contributed by atoms with Crippen molar-refractivity contribution in [1.29, 1.82) is 0 Å². The van der Waals surface area contributed by atoms with E-state index in [-0.39, 0.29) is 6.10 Å². The van der Waals surface area contributed by atoms with Gasteiger partial charge in [-0.2, -0.15) is 11.8 Å². The van der Waals surface area contributed by atoms with Crippen LogP contribution in [0.2, 0.25) is 0 Å². The van der Waals surface area contributed by atoms with Crippen molar-refractivity contribution in [3.63, 3.8) is 0 Å². The number of aryl methyl sites for hydroxylation is 2. The van der Waals surface area contributed by atoms with Gasteiger partial charge in [0.1, 0.15) is 0 Å². The summed E-state index contributed by atoms with van der Waals surface area (Å²) in [7, 11) is 0. The van der Waals surface area contributed by atoms with Gasteiger partial charge >= 0.3 is 0 Å². The zero-order valence-corrected chi connectivity index (χ0v) is 10.7. The Hall–Kier alpha value is -0.470. The van der Waals surface area contributed by atoms with Gasteiger partial charge in [-0.25, -0.2) is 0 Å². The quantitative estimate of drug-likeness (QED) is 0.848. The fourth-order valence-electron chi connectivity index (χ4n) is 2.34. The van der Waals surface area contributed by atoms with E-state index in [0.29, 0.717) is 0 Å². The molecule has 0 spiro atoms. The molecule has 2 rings (SSSR count). The smallest absolute Gasteiger partial charge is 0.0670 e. The lowest BCUT2D eigenvalue weighted by Gasteiger charge is -2.10. The zero-order chi connectivity index (χ0) is 11.4. The lowest BCUT2D eigenvalue weighted by Crippen LogP contribution is -2.13. The van der Waals surface area contributed by atoms with Crippen molar-refractivity contribution >= 4 is 11.8 Å². The molecule has 1 unspecified atom stereocenters. The third-order valence-electron chi connectivity index (χ3n) is 3.15. The summed E-state index contributed by atoms with van der Waals surface area (Å²) in [6, 6.07) is 6.73. The number of hydrogen-bond donors (Lipinski definition) is 1. The van der Waals surface area contributed by atoms with Crippen molar-refractivity contribution in [3.8, 4) is 0 Å². The summed E-state index contributed by atoms with van der Waals surface area (Å²) in [6.45, 7) is 2.13. The molecule has 16 heavy (non-hydrogen) atoms. The van der Waals surface area contributed by atoms with Crippen LogP contribution in [0, 0.1) is 0 Å². The zero-order valence-electron chi connectivity index (χ0n) is 9.91. The molecule has 1 N–H and O–H groups in total. The number of benzene rings is 1. The molecule has 0 bridgehead atoms. The van der Waals surface area contributed by atoms with Crippen LogP contribution in [0.5, 0.6) is 0 Å². The van der Waals surface area contributed by atoms with E-state index in [1.807, 2.05) is 11.8 Å². The number of thioether (sulfide) groups is 1. The second-order valence-corrected chi connectivity index (χ2v) is 5.79. The average Bonchev–Trinajstić information content (AvgIpc) is 2.73. The Bertz CT molecular complexity index is 349. The topological polar surface area (TPSA) is 20.2 Å². The monoisotopic (exact) mass is 236 g/mol. The standard InChI is InChI=1S/C14H20OS/c1-2-16-10-14(15)9-11-6-7-12-4-3-5-13(12)8-11/h6-8,14-15H,2-5,9-10H2,1H3. The van der Waals surface area contributed by atoms with E-state index in [0.717, 1.165) is 17.9 Å². The molecular weight excluding hydrogens is 216 g/mol. The summed E-state index contributed by atoms with van der Waals surface area (Å²) in [6.07, 6.45) is 4.38. The van der Waals surface area contributed by atoms with Crippen LogP contribution in [0.15, 0.2) is 18.2 Å². The summed E-state index contributed by atoms with van der Waals surface area (Å²) in [5, 5.41) is 9.86. The van der Waals surface area contributed by atoms with E-state index in [1.54, 1.807) is 0 Å². The maximum Gasteiger partial charge on any atom is 0.0670 e. The molecule has 0 fully saturated rings. The average molecular weight is 236 g/mol. The number of hydrogen-bond acceptors (Lipinski definition) is 2. The molecule has 0 heterocycles. The van der Waals surface area contributed by atoms with Gasteiger partial charge in [-0.1, -0.05) is 25.1 Å². The highest BCUT2D eigenvalue weighted by Gasteiger charge is 2.12. The fraction of sp³-hybridized carbons (Fsp3) is 0.571.